The van der Waals surface area contributed by atoms with Crippen molar-refractivity contribution in [3.8, 4) is 6.19 Å². The van der Waals surface area contributed by atoms with Crippen molar-refractivity contribution in [2.75, 3.05) is 4.90 Å². The van der Waals surface area contributed by atoms with Crippen LogP contribution in [-0.2, 0) is 9.59 Å². The minimum atomic E-state index is -1.64. The molecule has 0 radical (unpaired) electrons. The Morgan fingerprint density at radius 2 is 2.31 bits per heavy atom. The van der Waals surface area contributed by atoms with Gasteiger partial charge in [0.05, 0.1) is 0 Å². The lowest BCUT2D eigenvalue weighted by Gasteiger charge is -2.06. The second-order valence-electron chi connectivity index (χ2n) is 2.00. The van der Waals surface area contributed by atoms with Crippen LogP contribution in [0, 0.1) is 11.5 Å². The van der Waals surface area contributed by atoms with Gasteiger partial charge in [-0.2, -0.15) is 10.2 Å². The number of anilines is 1. The predicted octanol–water partition coefficient (Wildman–Crippen LogP) is 0.647. The number of thiophene rings is 1. The summed E-state index contributed by atoms with van der Waals surface area (Å²) in [4.78, 5) is 21.7. The van der Waals surface area contributed by atoms with E-state index in [4.69, 9.17) is 10.4 Å². The Balaban J connectivity index is 2.95. The molecule has 1 aromatic rings. The zero-order valence-corrected chi connectivity index (χ0v) is 7.11. The third-order valence-electron chi connectivity index (χ3n) is 1.21. The first-order valence-corrected chi connectivity index (χ1v) is 4.05. The summed E-state index contributed by atoms with van der Waals surface area (Å²) < 4.78 is 0. The monoisotopic (exact) mass is 196 g/mol. The number of carboxylic acids is 1. The molecule has 0 bridgehead atoms. The first-order chi connectivity index (χ1) is 6.16. The summed E-state index contributed by atoms with van der Waals surface area (Å²) in [5.74, 6) is -2.89. The molecule has 6 heteroatoms. The summed E-state index contributed by atoms with van der Waals surface area (Å²) in [5, 5.41) is 18.8. The van der Waals surface area contributed by atoms with Gasteiger partial charge in [-0.1, -0.05) is 0 Å². The van der Waals surface area contributed by atoms with Gasteiger partial charge in [0, 0.05) is 0 Å². The van der Waals surface area contributed by atoms with Crippen LogP contribution in [-0.4, -0.2) is 17.0 Å². The Labute approximate surface area is 77.4 Å². The summed E-state index contributed by atoms with van der Waals surface area (Å²) in [7, 11) is 0. The summed E-state index contributed by atoms with van der Waals surface area (Å²) in [5.41, 5.74) is 0. The number of carbonyl (C=O) groups excluding carboxylic acids is 1. The molecule has 13 heavy (non-hydrogen) atoms. The maximum Gasteiger partial charge on any atom is 0.396 e. The molecule has 1 heterocycles. The molecular weight excluding hydrogens is 192 g/mol. The van der Waals surface area contributed by atoms with Crippen LogP contribution in [0.4, 0.5) is 5.00 Å². The number of amides is 1. The lowest BCUT2D eigenvalue weighted by Crippen LogP contribution is -2.31. The number of nitriles is 1. The summed E-state index contributed by atoms with van der Waals surface area (Å²) in [6.45, 7) is 0. The van der Waals surface area contributed by atoms with Crippen LogP contribution in [0.3, 0.4) is 0 Å². The first-order valence-electron chi connectivity index (χ1n) is 3.17. The lowest BCUT2D eigenvalue weighted by atomic mass is 10.5. The van der Waals surface area contributed by atoms with Gasteiger partial charge in [0.15, 0.2) is 6.19 Å². The molecule has 1 N–H and O–H groups in total. The van der Waals surface area contributed by atoms with Gasteiger partial charge in [0.1, 0.15) is 5.00 Å². The standard InChI is InChI=1S/C7H4N2O3S/c8-4-9(6(10)7(11)12)5-2-1-3-13-5/h1-3H,(H,11,12). The third-order valence-corrected chi connectivity index (χ3v) is 2.07. The highest BCUT2D eigenvalue weighted by atomic mass is 32.1. The molecule has 0 aliphatic rings. The minimum absolute atomic E-state index is 0.301. The number of carbonyl (C=O) groups is 2. The van der Waals surface area contributed by atoms with Crippen LogP contribution in [0.15, 0.2) is 17.5 Å². The van der Waals surface area contributed by atoms with Crippen molar-refractivity contribution in [2.45, 2.75) is 0 Å². The van der Waals surface area contributed by atoms with E-state index in [1.165, 1.54) is 12.3 Å². The van der Waals surface area contributed by atoms with Crippen molar-refractivity contribution in [1.82, 2.24) is 0 Å². The molecule has 0 spiro atoms. The van der Waals surface area contributed by atoms with Gasteiger partial charge in [-0.15, -0.1) is 11.3 Å². The highest BCUT2D eigenvalue weighted by Crippen LogP contribution is 2.20. The highest BCUT2D eigenvalue weighted by molar-refractivity contribution is 7.14. The molecule has 1 aromatic heterocycles. The fraction of sp³-hybridized carbons (Fsp3) is 0. The third kappa shape index (κ3) is 1.83. The van der Waals surface area contributed by atoms with Crippen LogP contribution in [0.25, 0.3) is 0 Å². The van der Waals surface area contributed by atoms with E-state index in [0.29, 0.717) is 9.90 Å². The maximum absolute atomic E-state index is 10.9. The molecule has 0 aliphatic heterocycles. The van der Waals surface area contributed by atoms with Crippen molar-refractivity contribution in [3.63, 3.8) is 0 Å². The van der Waals surface area contributed by atoms with E-state index in [9.17, 15) is 9.59 Å². The average Bonchev–Trinajstić information content (AvgIpc) is 2.58. The van der Waals surface area contributed by atoms with E-state index in [2.05, 4.69) is 0 Å². The summed E-state index contributed by atoms with van der Waals surface area (Å²) >= 11 is 1.12. The van der Waals surface area contributed by atoms with Crippen molar-refractivity contribution in [1.29, 1.82) is 5.26 Å². The zero-order chi connectivity index (χ0) is 9.84. The molecule has 0 aliphatic carbocycles. The molecule has 0 saturated heterocycles. The fourth-order valence-electron chi connectivity index (χ4n) is 0.688. The molecule has 1 amide bonds. The van der Waals surface area contributed by atoms with E-state index < -0.39 is 11.9 Å². The number of aliphatic carboxylic acids is 1. The van der Waals surface area contributed by atoms with Gasteiger partial charge < -0.3 is 5.11 Å². The Bertz CT molecular complexity index is 366. The van der Waals surface area contributed by atoms with E-state index in [-0.39, 0.29) is 0 Å². The Morgan fingerprint density at radius 1 is 1.62 bits per heavy atom. The number of nitrogens with zero attached hydrogens (tertiary/aromatic N) is 2. The van der Waals surface area contributed by atoms with E-state index >= 15 is 0 Å². The quantitative estimate of drug-likeness (QED) is 0.406. The number of rotatable bonds is 1. The maximum atomic E-state index is 10.9. The normalized spacial score (nSPS) is 8.85. The van der Waals surface area contributed by atoms with Gasteiger partial charge in [-0.25, -0.2) is 4.79 Å². The minimum Gasteiger partial charge on any atom is -0.474 e. The highest BCUT2D eigenvalue weighted by Gasteiger charge is 2.22. The molecule has 66 valence electrons. The molecule has 1 rings (SSSR count). The SMILES string of the molecule is N#CN(C(=O)C(=O)O)c1cccs1. The molecule has 0 aromatic carbocycles. The van der Waals surface area contributed by atoms with Crippen LogP contribution < -0.4 is 4.90 Å². The molecule has 0 unspecified atom stereocenters. The number of hydrogen-bond acceptors (Lipinski definition) is 4. The van der Waals surface area contributed by atoms with Crippen molar-refractivity contribution < 1.29 is 14.7 Å². The molecule has 0 saturated carbocycles. The van der Waals surface area contributed by atoms with Crippen LogP contribution >= 0.6 is 11.3 Å². The van der Waals surface area contributed by atoms with Crippen molar-refractivity contribution in [3.05, 3.63) is 17.5 Å². The lowest BCUT2D eigenvalue weighted by molar-refractivity contribution is -0.148. The average molecular weight is 196 g/mol. The topological polar surface area (TPSA) is 81.4 Å². The van der Waals surface area contributed by atoms with Crippen LogP contribution in [0.5, 0.6) is 0 Å². The Kier molecular flexibility index (Phi) is 2.62. The van der Waals surface area contributed by atoms with Gasteiger partial charge in [0.25, 0.3) is 0 Å². The second kappa shape index (κ2) is 3.69. The Morgan fingerprint density at radius 3 is 2.69 bits per heavy atom. The van der Waals surface area contributed by atoms with Crippen LogP contribution in [0.2, 0.25) is 0 Å². The summed E-state index contributed by atoms with van der Waals surface area (Å²) in [6, 6.07) is 3.12. The number of hydrogen-bond donors (Lipinski definition) is 1. The van der Waals surface area contributed by atoms with Crippen LogP contribution in [0.1, 0.15) is 0 Å². The van der Waals surface area contributed by atoms with Gasteiger partial charge in [0.2, 0.25) is 0 Å². The molecule has 0 atom stereocenters. The Hall–Kier alpha value is -1.87. The van der Waals surface area contributed by atoms with Gasteiger partial charge in [-0.3, -0.25) is 4.79 Å². The van der Waals surface area contributed by atoms with Gasteiger partial charge >= 0.3 is 11.9 Å². The molecular formula is C7H4N2O3S. The zero-order valence-electron chi connectivity index (χ0n) is 6.30. The van der Waals surface area contributed by atoms with Crippen molar-refractivity contribution >= 4 is 28.2 Å². The van der Waals surface area contributed by atoms with Crippen molar-refractivity contribution in [2.24, 2.45) is 0 Å². The van der Waals surface area contributed by atoms with Gasteiger partial charge in [-0.05, 0) is 17.5 Å². The van der Waals surface area contributed by atoms with E-state index in [0.717, 1.165) is 11.3 Å². The number of carboxylic acid groups (broad SMARTS) is 1. The first kappa shape index (κ1) is 9.22. The largest absolute Gasteiger partial charge is 0.474 e. The summed E-state index contributed by atoms with van der Waals surface area (Å²) in [6.07, 6.45) is 1.50. The smallest absolute Gasteiger partial charge is 0.396 e. The van der Waals surface area contributed by atoms with E-state index in [1.807, 2.05) is 0 Å². The predicted molar refractivity (Wildman–Crippen MR) is 45.1 cm³/mol. The molecule has 5 nitrogen and oxygen atoms in total. The fourth-order valence-corrected chi connectivity index (χ4v) is 1.37. The molecule has 0 fully saturated rings. The van der Waals surface area contributed by atoms with E-state index in [1.54, 1.807) is 11.4 Å². The second-order valence-corrected chi connectivity index (χ2v) is 2.92.